The van der Waals surface area contributed by atoms with Gasteiger partial charge in [-0.3, -0.25) is 9.59 Å². The molecule has 5 heteroatoms. The number of hydrogen-bond donors (Lipinski definition) is 2. The number of aryl methyl sites for hydroxylation is 1. The van der Waals surface area contributed by atoms with Gasteiger partial charge in [0.05, 0.1) is 0 Å². The summed E-state index contributed by atoms with van der Waals surface area (Å²) in [6, 6.07) is 8.68. The van der Waals surface area contributed by atoms with E-state index >= 15 is 0 Å². The minimum Gasteiger partial charge on any atom is -0.354 e. The molecule has 1 aromatic carbocycles. The van der Waals surface area contributed by atoms with Crippen molar-refractivity contribution in [3.63, 3.8) is 0 Å². The van der Waals surface area contributed by atoms with Crippen LogP contribution in [0.25, 0.3) is 0 Å². The average molecular weight is 360 g/mol. The highest BCUT2D eigenvalue weighted by atomic mass is 16.2. The van der Waals surface area contributed by atoms with Crippen molar-refractivity contribution in [3.8, 4) is 0 Å². The Morgan fingerprint density at radius 3 is 2.58 bits per heavy atom. The van der Waals surface area contributed by atoms with Crippen LogP contribution in [0.5, 0.6) is 0 Å². The predicted octanol–water partition coefficient (Wildman–Crippen LogP) is 2.59. The van der Waals surface area contributed by atoms with Crippen molar-refractivity contribution in [1.82, 2.24) is 10.2 Å². The maximum absolute atomic E-state index is 12.7. The Bertz CT molecular complexity index is 583. The van der Waals surface area contributed by atoms with Gasteiger partial charge in [0.1, 0.15) is 0 Å². The van der Waals surface area contributed by atoms with Crippen LogP contribution in [0.15, 0.2) is 24.3 Å². The number of nitrogens with two attached hydrogens (primary N) is 1. The van der Waals surface area contributed by atoms with E-state index in [9.17, 15) is 9.59 Å². The lowest BCUT2D eigenvalue weighted by Gasteiger charge is -2.36. The second kappa shape index (κ2) is 10.3. The molecule has 3 N–H and O–H groups in total. The summed E-state index contributed by atoms with van der Waals surface area (Å²) in [7, 11) is 0. The first-order valence-electron chi connectivity index (χ1n) is 9.86. The van der Waals surface area contributed by atoms with E-state index in [0.29, 0.717) is 31.8 Å². The molecule has 0 spiro atoms. The maximum Gasteiger partial charge on any atom is 0.223 e. The molecule has 1 aliphatic heterocycles. The van der Waals surface area contributed by atoms with E-state index in [1.54, 1.807) is 0 Å². The molecular weight excluding hydrogens is 326 g/mol. The first-order chi connectivity index (χ1) is 12.5. The molecule has 1 saturated heterocycles. The summed E-state index contributed by atoms with van der Waals surface area (Å²) in [6.45, 7) is 6.05. The second-order valence-corrected chi connectivity index (χ2v) is 7.48. The van der Waals surface area contributed by atoms with Gasteiger partial charge >= 0.3 is 0 Å². The number of hydrogen-bond acceptors (Lipinski definition) is 3. The third kappa shape index (κ3) is 6.13. The summed E-state index contributed by atoms with van der Waals surface area (Å²) >= 11 is 0. The van der Waals surface area contributed by atoms with Crippen molar-refractivity contribution in [2.45, 2.75) is 64.3 Å². The van der Waals surface area contributed by atoms with Crippen LogP contribution in [-0.4, -0.2) is 42.4 Å². The number of likely N-dealkylation sites (tertiary alicyclic amines) is 1. The van der Waals surface area contributed by atoms with E-state index in [2.05, 4.69) is 43.4 Å². The van der Waals surface area contributed by atoms with E-state index in [-0.39, 0.29) is 17.9 Å². The quantitative estimate of drug-likeness (QED) is 0.749. The number of benzene rings is 1. The third-order valence-electron chi connectivity index (χ3n) is 5.13. The molecule has 0 saturated carbocycles. The van der Waals surface area contributed by atoms with E-state index in [4.69, 9.17) is 5.73 Å². The summed E-state index contributed by atoms with van der Waals surface area (Å²) in [5.41, 5.74) is 7.93. The fourth-order valence-electron chi connectivity index (χ4n) is 3.46. The van der Waals surface area contributed by atoms with Crippen molar-refractivity contribution < 1.29 is 9.59 Å². The van der Waals surface area contributed by atoms with Gasteiger partial charge in [-0.05, 0) is 42.7 Å². The van der Waals surface area contributed by atoms with Crippen LogP contribution in [0.2, 0.25) is 0 Å². The lowest BCUT2D eigenvalue weighted by Crippen LogP contribution is -2.49. The van der Waals surface area contributed by atoms with Gasteiger partial charge in [0.2, 0.25) is 11.8 Å². The molecule has 0 bridgehead atoms. The molecule has 0 aromatic heterocycles. The normalized spacial score (nSPS) is 17.4. The van der Waals surface area contributed by atoms with Crippen molar-refractivity contribution in [1.29, 1.82) is 0 Å². The molecule has 5 nitrogen and oxygen atoms in total. The smallest absolute Gasteiger partial charge is 0.223 e. The highest BCUT2D eigenvalue weighted by Crippen LogP contribution is 2.19. The van der Waals surface area contributed by atoms with E-state index in [0.717, 1.165) is 32.2 Å². The second-order valence-electron chi connectivity index (χ2n) is 7.48. The standard InChI is InChI=1S/C21H33N3O2/c1-16(2)18-9-6-17(7-10-18)8-11-21(26)24-14-4-3-5-19(24)15-23-20(25)12-13-22/h6-7,9-10,16,19H,3-5,8,11-15,22H2,1-2H3,(H,23,25). The van der Waals surface area contributed by atoms with Gasteiger partial charge in [-0.1, -0.05) is 38.1 Å². The Hall–Kier alpha value is -1.88. The first kappa shape index (κ1) is 20.4. The summed E-state index contributed by atoms with van der Waals surface area (Å²) in [5.74, 6) is 0.681. The third-order valence-corrected chi connectivity index (χ3v) is 5.13. The molecule has 26 heavy (non-hydrogen) atoms. The van der Waals surface area contributed by atoms with Crippen molar-refractivity contribution in [2.75, 3.05) is 19.6 Å². The molecule has 1 unspecified atom stereocenters. The van der Waals surface area contributed by atoms with E-state index < -0.39 is 0 Å². The van der Waals surface area contributed by atoms with Crippen LogP contribution < -0.4 is 11.1 Å². The van der Waals surface area contributed by atoms with Crippen molar-refractivity contribution >= 4 is 11.8 Å². The van der Waals surface area contributed by atoms with E-state index in [1.807, 2.05) is 4.90 Å². The lowest BCUT2D eigenvalue weighted by atomic mass is 9.99. The molecule has 0 radical (unpaired) electrons. The summed E-state index contributed by atoms with van der Waals surface area (Å²) in [5, 5.41) is 2.92. The van der Waals surface area contributed by atoms with E-state index in [1.165, 1.54) is 11.1 Å². The molecule has 0 aliphatic carbocycles. The minimum absolute atomic E-state index is 0.0317. The number of amides is 2. The number of piperidine rings is 1. The van der Waals surface area contributed by atoms with Crippen molar-refractivity contribution in [3.05, 3.63) is 35.4 Å². The predicted molar refractivity (Wildman–Crippen MR) is 105 cm³/mol. The van der Waals surface area contributed by atoms with Gasteiger partial charge in [-0.2, -0.15) is 0 Å². The zero-order valence-electron chi connectivity index (χ0n) is 16.2. The average Bonchev–Trinajstić information content (AvgIpc) is 2.65. The van der Waals surface area contributed by atoms with Crippen LogP contribution in [0, 0.1) is 0 Å². The molecule has 1 atom stereocenters. The molecule has 2 rings (SSSR count). The van der Waals surface area contributed by atoms with Gasteiger partial charge < -0.3 is 16.0 Å². The van der Waals surface area contributed by atoms with Crippen LogP contribution in [0.3, 0.4) is 0 Å². The molecule has 1 heterocycles. The maximum atomic E-state index is 12.7. The molecule has 1 aliphatic rings. The monoisotopic (exact) mass is 359 g/mol. The molecule has 1 aromatic rings. The Balaban J connectivity index is 1.86. The zero-order valence-corrected chi connectivity index (χ0v) is 16.2. The molecule has 1 fully saturated rings. The number of nitrogens with zero attached hydrogens (tertiary/aromatic N) is 1. The lowest BCUT2D eigenvalue weighted by molar-refractivity contribution is -0.135. The minimum atomic E-state index is -0.0317. The van der Waals surface area contributed by atoms with Crippen molar-refractivity contribution in [2.24, 2.45) is 5.73 Å². The number of nitrogens with one attached hydrogen (secondary N) is 1. The van der Waals surface area contributed by atoms with Crippen LogP contribution >= 0.6 is 0 Å². The molecular formula is C21H33N3O2. The van der Waals surface area contributed by atoms with Crippen LogP contribution in [-0.2, 0) is 16.0 Å². The number of rotatable bonds is 8. The van der Waals surface area contributed by atoms with Crippen LogP contribution in [0.1, 0.15) is 63.0 Å². The Labute approximate surface area is 157 Å². The SMILES string of the molecule is CC(C)c1ccc(CCC(=O)N2CCCCC2CNC(=O)CCN)cc1. The first-order valence-corrected chi connectivity index (χ1v) is 9.86. The molecule has 144 valence electrons. The summed E-state index contributed by atoms with van der Waals surface area (Å²) < 4.78 is 0. The largest absolute Gasteiger partial charge is 0.354 e. The van der Waals surface area contributed by atoms with Gasteiger partial charge in [0.15, 0.2) is 0 Å². The van der Waals surface area contributed by atoms with Gasteiger partial charge in [0.25, 0.3) is 0 Å². The Kier molecular flexibility index (Phi) is 8.10. The highest BCUT2D eigenvalue weighted by molar-refractivity contribution is 5.78. The highest BCUT2D eigenvalue weighted by Gasteiger charge is 2.26. The number of carbonyl (C=O) groups is 2. The zero-order chi connectivity index (χ0) is 18.9. The Morgan fingerprint density at radius 2 is 1.92 bits per heavy atom. The van der Waals surface area contributed by atoms with Crippen LogP contribution in [0.4, 0.5) is 0 Å². The van der Waals surface area contributed by atoms with Gasteiger partial charge in [0, 0.05) is 38.5 Å². The van der Waals surface area contributed by atoms with Gasteiger partial charge in [-0.15, -0.1) is 0 Å². The fraction of sp³-hybridized carbons (Fsp3) is 0.619. The number of carbonyl (C=O) groups excluding carboxylic acids is 2. The fourth-order valence-corrected chi connectivity index (χ4v) is 3.46. The van der Waals surface area contributed by atoms with Gasteiger partial charge in [-0.25, -0.2) is 0 Å². The summed E-state index contributed by atoms with van der Waals surface area (Å²) in [4.78, 5) is 26.3. The molecule has 2 amide bonds. The topological polar surface area (TPSA) is 75.4 Å². The summed E-state index contributed by atoms with van der Waals surface area (Å²) in [6.07, 6.45) is 4.74. The Morgan fingerprint density at radius 1 is 1.19 bits per heavy atom.